The number of aromatic nitrogens is 1. The van der Waals surface area contributed by atoms with E-state index in [-0.39, 0.29) is 30.9 Å². The van der Waals surface area contributed by atoms with Crippen LogP contribution in [-0.2, 0) is 16.0 Å². The first-order valence-corrected chi connectivity index (χ1v) is 11.0. The van der Waals surface area contributed by atoms with E-state index in [1.807, 2.05) is 22.4 Å². The normalized spacial score (nSPS) is 15.8. The third kappa shape index (κ3) is 4.27. The molecular weight excluding hydrogens is 418 g/mol. The summed E-state index contributed by atoms with van der Waals surface area (Å²) in [5, 5.41) is 5.61. The van der Waals surface area contributed by atoms with Crippen molar-refractivity contribution < 1.29 is 23.5 Å². The summed E-state index contributed by atoms with van der Waals surface area (Å²) in [6.07, 6.45) is 3.13. The number of amides is 2. The van der Waals surface area contributed by atoms with Gasteiger partial charge in [0.25, 0.3) is 0 Å². The first-order valence-electron chi connectivity index (χ1n) is 10.1. The zero-order chi connectivity index (χ0) is 21.2. The van der Waals surface area contributed by atoms with Crippen LogP contribution in [0.25, 0.3) is 10.8 Å². The highest BCUT2D eigenvalue weighted by atomic mass is 32.1. The minimum atomic E-state index is -0.126. The van der Waals surface area contributed by atoms with Crippen LogP contribution in [-0.4, -0.2) is 41.6 Å². The summed E-state index contributed by atoms with van der Waals surface area (Å²) in [5.74, 6) is 1.90. The van der Waals surface area contributed by atoms with Gasteiger partial charge < -0.3 is 24.1 Å². The Morgan fingerprint density at radius 2 is 2.00 bits per heavy atom. The van der Waals surface area contributed by atoms with Crippen LogP contribution >= 0.6 is 11.3 Å². The molecule has 0 saturated carbocycles. The summed E-state index contributed by atoms with van der Waals surface area (Å²) < 4.78 is 16.0. The standard InChI is InChI=1S/C22H21N3O5S/c26-20(11-16-12-31-22(24-16)18-2-1-9-28-18)25-7-5-14(6-8-25)21(27)23-15-3-4-17-19(10-15)30-13-29-17/h1-4,9-10,12,14H,5-8,11,13H2,(H,23,27). The van der Waals surface area contributed by atoms with Crippen molar-refractivity contribution in [3.8, 4) is 22.3 Å². The second kappa shape index (κ2) is 8.43. The van der Waals surface area contributed by atoms with Crippen molar-refractivity contribution in [2.24, 2.45) is 5.92 Å². The number of furan rings is 1. The van der Waals surface area contributed by atoms with E-state index in [1.54, 1.807) is 24.5 Å². The number of carbonyl (C=O) groups excluding carboxylic acids is 2. The first-order chi connectivity index (χ1) is 15.2. The number of fused-ring (bicyclic) bond motifs is 1. The second-order valence-electron chi connectivity index (χ2n) is 7.51. The molecule has 9 heteroatoms. The predicted octanol–water partition coefficient (Wildman–Crippen LogP) is 3.55. The molecule has 160 valence electrons. The molecule has 4 heterocycles. The van der Waals surface area contributed by atoms with Crippen LogP contribution in [0.4, 0.5) is 5.69 Å². The SMILES string of the molecule is O=C(Nc1ccc2c(c1)OCO2)C1CCN(C(=O)Cc2csc(-c3ccco3)n2)CC1. The molecule has 0 radical (unpaired) electrons. The summed E-state index contributed by atoms with van der Waals surface area (Å²) in [6.45, 7) is 1.32. The van der Waals surface area contributed by atoms with Gasteiger partial charge in [-0.1, -0.05) is 0 Å². The van der Waals surface area contributed by atoms with E-state index >= 15 is 0 Å². The number of anilines is 1. The molecule has 3 aromatic rings. The third-order valence-electron chi connectivity index (χ3n) is 5.47. The Hall–Kier alpha value is -3.33. The van der Waals surface area contributed by atoms with Gasteiger partial charge in [-0.05, 0) is 37.1 Å². The third-order valence-corrected chi connectivity index (χ3v) is 6.38. The Kier molecular flexibility index (Phi) is 5.33. The van der Waals surface area contributed by atoms with Gasteiger partial charge in [-0.3, -0.25) is 9.59 Å². The summed E-state index contributed by atoms with van der Waals surface area (Å²) >= 11 is 1.46. The number of nitrogens with zero attached hydrogens (tertiary/aromatic N) is 2. The molecule has 0 spiro atoms. The number of hydrogen-bond donors (Lipinski definition) is 1. The lowest BCUT2D eigenvalue weighted by Crippen LogP contribution is -2.42. The van der Waals surface area contributed by atoms with Crippen molar-refractivity contribution >= 4 is 28.8 Å². The molecule has 2 amide bonds. The zero-order valence-electron chi connectivity index (χ0n) is 16.7. The Morgan fingerprint density at radius 3 is 2.81 bits per heavy atom. The Labute approximate surface area is 182 Å². The number of nitrogens with one attached hydrogen (secondary N) is 1. The predicted molar refractivity (Wildman–Crippen MR) is 114 cm³/mol. The number of benzene rings is 1. The topological polar surface area (TPSA) is 93.9 Å². The molecule has 31 heavy (non-hydrogen) atoms. The molecule has 1 fully saturated rings. The molecule has 0 bridgehead atoms. The molecular formula is C22H21N3O5S. The van der Waals surface area contributed by atoms with Gasteiger partial charge >= 0.3 is 0 Å². The smallest absolute Gasteiger partial charge is 0.231 e. The number of hydrogen-bond acceptors (Lipinski definition) is 7. The van der Waals surface area contributed by atoms with E-state index in [4.69, 9.17) is 13.9 Å². The molecule has 1 aromatic carbocycles. The van der Waals surface area contributed by atoms with Crippen LogP contribution in [0.15, 0.2) is 46.4 Å². The first kappa shape index (κ1) is 19.6. The number of rotatable bonds is 5. The van der Waals surface area contributed by atoms with E-state index in [1.165, 1.54) is 11.3 Å². The fourth-order valence-electron chi connectivity index (χ4n) is 3.78. The van der Waals surface area contributed by atoms with E-state index < -0.39 is 0 Å². The highest BCUT2D eigenvalue weighted by Crippen LogP contribution is 2.34. The summed E-state index contributed by atoms with van der Waals surface area (Å²) in [4.78, 5) is 31.6. The van der Waals surface area contributed by atoms with Crippen molar-refractivity contribution in [1.29, 1.82) is 0 Å². The largest absolute Gasteiger partial charge is 0.462 e. The molecule has 1 N–H and O–H groups in total. The highest BCUT2D eigenvalue weighted by molar-refractivity contribution is 7.13. The van der Waals surface area contributed by atoms with Crippen LogP contribution in [0.5, 0.6) is 11.5 Å². The summed E-state index contributed by atoms with van der Waals surface area (Å²) in [7, 11) is 0. The van der Waals surface area contributed by atoms with Crippen molar-refractivity contribution in [3.05, 3.63) is 47.7 Å². The second-order valence-corrected chi connectivity index (χ2v) is 8.37. The van der Waals surface area contributed by atoms with Crippen LogP contribution in [0.1, 0.15) is 18.5 Å². The lowest BCUT2D eigenvalue weighted by Gasteiger charge is -2.31. The van der Waals surface area contributed by atoms with Crippen molar-refractivity contribution in [1.82, 2.24) is 9.88 Å². The fourth-order valence-corrected chi connectivity index (χ4v) is 4.56. The van der Waals surface area contributed by atoms with E-state index in [0.717, 1.165) is 10.7 Å². The van der Waals surface area contributed by atoms with Crippen LogP contribution in [0.2, 0.25) is 0 Å². The van der Waals surface area contributed by atoms with Crippen molar-refractivity contribution in [2.45, 2.75) is 19.3 Å². The van der Waals surface area contributed by atoms with Gasteiger partial charge in [-0.2, -0.15) is 0 Å². The average molecular weight is 439 g/mol. The minimum Gasteiger partial charge on any atom is -0.462 e. The van der Waals surface area contributed by atoms with Gasteiger partial charge in [-0.15, -0.1) is 11.3 Å². The van der Waals surface area contributed by atoms with Gasteiger partial charge in [0.05, 0.1) is 18.4 Å². The van der Waals surface area contributed by atoms with Crippen LogP contribution in [0.3, 0.4) is 0 Å². The average Bonchev–Trinajstić information content (AvgIpc) is 3.55. The summed E-state index contributed by atoms with van der Waals surface area (Å²) in [5.41, 5.74) is 1.42. The van der Waals surface area contributed by atoms with E-state index in [9.17, 15) is 9.59 Å². The Balaban J connectivity index is 1.12. The minimum absolute atomic E-state index is 0.0333. The molecule has 8 nitrogen and oxygen atoms in total. The Morgan fingerprint density at radius 1 is 1.16 bits per heavy atom. The molecule has 2 aromatic heterocycles. The molecule has 0 unspecified atom stereocenters. The zero-order valence-corrected chi connectivity index (χ0v) is 17.5. The van der Waals surface area contributed by atoms with E-state index in [0.29, 0.717) is 48.9 Å². The summed E-state index contributed by atoms with van der Waals surface area (Å²) in [6, 6.07) is 9.02. The number of thiazole rings is 1. The number of ether oxygens (including phenoxy) is 2. The molecule has 2 aliphatic rings. The Bertz CT molecular complexity index is 1090. The number of carbonyl (C=O) groups is 2. The monoisotopic (exact) mass is 439 g/mol. The molecule has 0 aliphatic carbocycles. The van der Waals surface area contributed by atoms with Crippen molar-refractivity contribution in [3.63, 3.8) is 0 Å². The van der Waals surface area contributed by atoms with Crippen LogP contribution in [0, 0.1) is 5.92 Å². The maximum atomic E-state index is 12.7. The maximum Gasteiger partial charge on any atom is 0.231 e. The van der Waals surface area contributed by atoms with Gasteiger partial charge in [0, 0.05) is 36.1 Å². The fraction of sp³-hybridized carbons (Fsp3) is 0.318. The van der Waals surface area contributed by atoms with Gasteiger partial charge in [-0.25, -0.2) is 4.98 Å². The van der Waals surface area contributed by atoms with Gasteiger partial charge in [0.15, 0.2) is 22.3 Å². The van der Waals surface area contributed by atoms with Gasteiger partial charge in [0.2, 0.25) is 18.6 Å². The quantitative estimate of drug-likeness (QED) is 0.653. The number of likely N-dealkylation sites (tertiary alicyclic amines) is 1. The molecule has 5 rings (SSSR count). The highest BCUT2D eigenvalue weighted by Gasteiger charge is 2.28. The van der Waals surface area contributed by atoms with Gasteiger partial charge in [0.1, 0.15) is 0 Å². The lowest BCUT2D eigenvalue weighted by molar-refractivity contribution is -0.133. The molecule has 1 saturated heterocycles. The lowest BCUT2D eigenvalue weighted by atomic mass is 9.95. The van der Waals surface area contributed by atoms with E-state index in [2.05, 4.69) is 10.3 Å². The van der Waals surface area contributed by atoms with Crippen LogP contribution < -0.4 is 14.8 Å². The molecule has 2 aliphatic heterocycles. The molecule has 0 atom stereocenters. The van der Waals surface area contributed by atoms with Crippen molar-refractivity contribution in [2.75, 3.05) is 25.2 Å². The number of piperidine rings is 1. The maximum absolute atomic E-state index is 12.7.